The lowest BCUT2D eigenvalue weighted by atomic mass is 10.3. The summed E-state index contributed by atoms with van der Waals surface area (Å²) in [5, 5.41) is 0. The standard InChI is InChI=1S/C10H12N4O2/c1-6-3-7(4-16-2)14-5-12-8(9(11)15)10(14)13-6/h3,5H,4H2,1-2H3,(H2,11,15). The Morgan fingerprint density at radius 1 is 1.62 bits per heavy atom. The number of rotatable bonds is 3. The molecule has 16 heavy (non-hydrogen) atoms. The average molecular weight is 220 g/mol. The highest BCUT2D eigenvalue weighted by atomic mass is 16.5. The molecule has 0 radical (unpaired) electrons. The van der Waals surface area contributed by atoms with Crippen molar-refractivity contribution >= 4 is 11.6 Å². The molecule has 2 heterocycles. The van der Waals surface area contributed by atoms with E-state index in [2.05, 4.69) is 9.97 Å². The zero-order valence-electron chi connectivity index (χ0n) is 9.10. The molecular weight excluding hydrogens is 208 g/mol. The van der Waals surface area contributed by atoms with E-state index >= 15 is 0 Å². The molecular formula is C10H12N4O2. The Bertz CT molecular complexity index is 547. The third kappa shape index (κ3) is 1.63. The number of primary amides is 1. The number of nitrogens with zero attached hydrogens (tertiary/aromatic N) is 3. The van der Waals surface area contributed by atoms with Gasteiger partial charge in [-0.25, -0.2) is 9.97 Å². The van der Waals surface area contributed by atoms with Gasteiger partial charge in [-0.1, -0.05) is 0 Å². The number of hydrogen-bond acceptors (Lipinski definition) is 4. The van der Waals surface area contributed by atoms with Crippen molar-refractivity contribution in [3.8, 4) is 0 Å². The van der Waals surface area contributed by atoms with E-state index in [0.29, 0.717) is 12.3 Å². The van der Waals surface area contributed by atoms with Crippen LogP contribution in [0.2, 0.25) is 0 Å². The van der Waals surface area contributed by atoms with E-state index in [1.54, 1.807) is 11.5 Å². The molecule has 0 unspecified atom stereocenters. The summed E-state index contributed by atoms with van der Waals surface area (Å²) >= 11 is 0. The van der Waals surface area contributed by atoms with Gasteiger partial charge in [-0.15, -0.1) is 0 Å². The second-order valence-electron chi connectivity index (χ2n) is 3.47. The van der Waals surface area contributed by atoms with Crippen molar-refractivity contribution in [2.75, 3.05) is 7.11 Å². The Kier molecular flexibility index (Phi) is 2.57. The van der Waals surface area contributed by atoms with Crippen molar-refractivity contribution in [1.29, 1.82) is 0 Å². The minimum atomic E-state index is -0.580. The number of amides is 1. The normalized spacial score (nSPS) is 10.9. The van der Waals surface area contributed by atoms with E-state index in [-0.39, 0.29) is 5.69 Å². The van der Waals surface area contributed by atoms with Crippen LogP contribution in [0.15, 0.2) is 12.4 Å². The molecule has 0 atom stereocenters. The topological polar surface area (TPSA) is 82.5 Å². The van der Waals surface area contributed by atoms with Crippen molar-refractivity contribution in [3.63, 3.8) is 0 Å². The first kappa shape index (κ1) is 10.6. The quantitative estimate of drug-likeness (QED) is 0.805. The predicted molar refractivity (Wildman–Crippen MR) is 57.0 cm³/mol. The zero-order valence-corrected chi connectivity index (χ0v) is 9.10. The summed E-state index contributed by atoms with van der Waals surface area (Å²) in [6, 6.07) is 1.88. The molecule has 0 aromatic carbocycles. The largest absolute Gasteiger partial charge is 0.378 e. The van der Waals surface area contributed by atoms with Gasteiger partial charge in [-0.05, 0) is 13.0 Å². The summed E-state index contributed by atoms with van der Waals surface area (Å²) < 4.78 is 6.77. The van der Waals surface area contributed by atoms with Crippen LogP contribution >= 0.6 is 0 Å². The van der Waals surface area contributed by atoms with Crippen molar-refractivity contribution < 1.29 is 9.53 Å². The molecule has 2 N–H and O–H groups in total. The lowest BCUT2D eigenvalue weighted by Crippen LogP contribution is -2.13. The fourth-order valence-corrected chi connectivity index (χ4v) is 1.60. The SMILES string of the molecule is COCc1cc(C)nc2c(C(N)=O)ncn12. The summed E-state index contributed by atoms with van der Waals surface area (Å²) in [6.07, 6.45) is 1.52. The molecule has 2 rings (SSSR count). The minimum absolute atomic E-state index is 0.182. The molecule has 0 fully saturated rings. The van der Waals surface area contributed by atoms with Crippen molar-refractivity contribution in [3.05, 3.63) is 29.5 Å². The number of carbonyl (C=O) groups is 1. The van der Waals surface area contributed by atoms with Crippen LogP contribution in [0.25, 0.3) is 5.65 Å². The molecule has 0 saturated heterocycles. The smallest absolute Gasteiger partial charge is 0.271 e. The lowest BCUT2D eigenvalue weighted by Gasteiger charge is -2.05. The number of methoxy groups -OCH3 is 1. The third-order valence-electron chi connectivity index (χ3n) is 2.24. The van der Waals surface area contributed by atoms with Crippen molar-refractivity contribution in [1.82, 2.24) is 14.4 Å². The van der Waals surface area contributed by atoms with Gasteiger partial charge < -0.3 is 10.5 Å². The molecule has 1 amide bonds. The van der Waals surface area contributed by atoms with Gasteiger partial charge in [0.2, 0.25) is 0 Å². The van der Waals surface area contributed by atoms with Crippen LogP contribution in [0.5, 0.6) is 0 Å². The Morgan fingerprint density at radius 3 is 3.00 bits per heavy atom. The minimum Gasteiger partial charge on any atom is -0.378 e. The molecule has 2 aromatic heterocycles. The van der Waals surface area contributed by atoms with Crippen LogP contribution in [0.1, 0.15) is 21.9 Å². The van der Waals surface area contributed by atoms with Crippen LogP contribution in [-0.4, -0.2) is 27.4 Å². The van der Waals surface area contributed by atoms with Gasteiger partial charge >= 0.3 is 0 Å². The zero-order chi connectivity index (χ0) is 11.7. The summed E-state index contributed by atoms with van der Waals surface area (Å²) in [7, 11) is 1.60. The van der Waals surface area contributed by atoms with E-state index in [0.717, 1.165) is 11.4 Å². The summed E-state index contributed by atoms with van der Waals surface area (Å²) in [5.74, 6) is -0.580. The van der Waals surface area contributed by atoms with Gasteiger partial charge in [0, 0.05) is 12.8 Å². The number of aryl methyl sites for hydroxylation is 1. The fourth-order valence-electron chi connectivity index (χ4n) is 1.60. The molecule has 0 aliphatic rings. The molecule has 0 aliphatic carbocycles. The third-order valence-corrected chi connectivity index (χ3v) is 2.24. The highest BCUT2D eigenvalue weighted by Crippen LogP contribution is 2.12. The summed E-state index contributed by atoms with van der Waals surface area (Å²) in [5.41, 5.74) is 7.54. The van der Waals surface area contributed by atoms with Gasteiger partial charge in [0.1, 0.15) is 6.33 Å². The molecule has 2 aromatic rings. The first-order valence-corrected chi connectivity index (χ1v) is 4.76. The summed E-state index contributed by atoms with van der Waals surface area (Å²) in [6.45, 7) is 2.27. The summed E-state index contributed by atoms with van der Waals surface area (Å²) in [4.78, 5) is 19.3. The Morgan fingerprint density at radius 2 is 2.38 bits per heavy atom. The number of ether oxygens (including phenoxy) is 1. The number of fused-ring (bicyclic) bond motifs is 1. The van der Waals surface area contributed by atoms with E-state index in [1.165, 1.54) is 6.33 Å². The van der Waals surface area contributed by atoms with Crippen LogP contribution in [0.4, 0.5) is 0 Å². The molecule has 0 spiro atoms. The number of carbonyl (C=O) groups excluding carboxylic acids is 1. The maximum Gasteiger partial charge on any atom is 0.271 e. The second kappa shape index (κ2) is 3.90. The predicted octanol–water partition coefficient (Wildman–Crippen LogP) is 0.283. The van der Waals surface area contributed by atoms with Gasteiger partial charge in [-0.2, -0.15) is 0 Å². The maximum absolute atomic E-state index is 11.1. The highest BCUT2D eigenvalue weighted by Gasteiger charge is 2.13. The van der Waals surface area contributed by atoms with Crippen LogP contribution < -0.4 is 5.73 Å². The van der Waals surface area contributed by atoms with E-state index < -0.39 is 5.91 Å². The van der Waals surface area contributed by atoms with Gasteiger partial charge in [-0.3, -0.25) is 9.20 Å². The Balaban J connectivity index is 2.70. The van der Waals surface area contributed by atoms with Crippen molar-refractivity contribution in [2.24, 2.45) is 5.73 Å². The first-order chi connectivity index (χ1) is 7.63. The van der Waals surface area contributed by atoms with E-state index in [9.17, 15) is 4.79 Å². The lowest BCUT2D eigenvalue weighted by molar-refractivity contribution is 0.0997. The molecule has 0 aliphatic heterocycles. The number of imidazole rings is 1. The molecule has 6 heteroatoms. The average Bonchev–Trinajstić information content (AvgIpc) is 2.61. The number of aromatic nitrogens is 3. The monoisotopic (exact) mass is 220 g/mol. The first-order valence-electron chi connectivity index (χ1n) is 4.76. The van der Waals surface area contributed by atoms with Crippen LogP contribution in [0, 0.1) is 6.92 Å². The molecule has 6 nitrogen and oxygen atoms in total. The van der Waals surface area contributed by atoms with Gasteiger partial charge in [0.15, 0.2) is 11.3 Å². The van der Waals surface area contributed by atoms with E-state index in [1.807, 2.05) is 13.0 Å². The van der Waals surface area contributed by atoms with Crippen LogP contribution in [0.3, 0.4) is 0 Å². The number of hydrogen-bond donors (Lipinski definition) is 1. The van der Waals surface area contributed by atoms with Crippen molar-refractivity contribution in [2.45, 2.75) is 13.5 Å². The van der Waals surface area contributed by atoms with Crippen LogP contribution in [-0.2, 0) is 11.3 Å². The Hall–Kier alpha value is -1.95. The Labute approximate surface area is 92.1 Å². The molecule has 0 bridgehead atoms. The van der Waals surface area contributed by atoms with Gasteiger partial charge in [0.05, 0.1) is 12.3 Å². The fraction of sp³-hybridized carbons (Fsp3) is 0.300. The molecule has 0 saturated carbocycles. The second-order valence-corrected chi connectivity index (χ2v) is 3.47. The van der Waals surface area contributed by atoms with Gasteiger partial charge in [0.25, 0.3) is 5.91 Å². The highest BCUT2D eigenvalue weighted by molar-refractivity contribution is 5.96. The maximum atomic E-state index is 11.1. The number of nitrogens with two attached hydrogens (primary N) is 1. The van der Waals surface area contributed by atoms with E-state index in [4.69, 9.17) is 10.5 Å². The molecule has 84 valence electrons.